The smallest absolute Gasteiger partial charge is 0.422 e. The molecular formula is C9H18N4O3. The maximum absolute atomic E-state index is 11.9. The van der Waals surface area contributed by atoms with Gasteiger partial charge >= 0.3 is 6.09 Å². The highest BCUT2D eigenvalue weighted by Gasteiger charge is 2.22. The van der Waals surface area contributed by atoms with E-state index >= 15 is 0 Å². The molecule has 7 nitrogen and oxygen atoms in total. The van der Waals surface area contributed by atoms with E-state index in [0.717, 1.165) is 11.6 Å². The number of hydroxylamine groups is 3. The molecule has 0 aromatic rings. The van der Waals surface area contributed by atoms with Crippen LogP contribution in [0.3, 0.4) is 0 Å². The summed E-state index contributed by atoms with van der Waals surface area (Å²) in [5.74, 6) is 0. The summed E-state index contributed by atoms with van der Waals surface area (Å²) in [5, 5.41) is 24.6. The summed E-state index contributed by atoms with van der Waals surface area (Å²) >= 11 is 0. The second-order valence-electron chi connectivity index (χ2n) is 3.75. The zero-order valence-corrected chi connectivity index (χ0v) is 9.19. The molecule has 1 heterocycles. The molecule has 0 spiro atoms. The molecule has 0 aromatic heterocycles. The molecule has 1 aliphatic heterocycles. The van der Waals surface area contributed by atoms with E-state index in [1.54, 1.807) is 0 Å². The average Bonchev–Trinajstić information content (AvgIpc) is 2.64. The first kappa shape index (κ1) is 12.9. The van der Waals surface area contributed by atoms with E-state index < -0.39 is 6.09 Å². The fourth-order valence-electron chi connectivity index (χ4n) is 1.56. The van der Waals surface area contributed by atoms with Crippen molar-refractivity contribution in [2.45, 2.75) is 0 Å². The number of hydrogen-bond acceptors (Lipinski definition) is 4. The van der Waals surface area contributed by atoms with Crippen LogP contribution < -0.4 is 10.7 Å². The van der Waals surface area contributed by atoms with Gasteiger partial charge in [-0.05, 0) is 0 Å². The first-order valence-electron chi connectivity index (χ1n) is 5.20. The van der Waals surface area contributed by atoms with E-state index in [0.29, 0.717) is 26.3 Å². The zero-order valence-electron chi connectivity index (χ0n) is 9.19. The van der Waals surface area contributed by atoms with Crippen LogP contribution in [0.4, 0.5) is 4.79 Å². The molecule has 1 saturated heterocycles. The van der Waals surface area contributed by atoms with Crippen molar-refractivity contribution in [1.82, 2.24) is 15.8 Å². The van der Waals surface area contributed by atoms with Gasteiger partial charge in [0.05, 0.1) is 32.7 Å². The van der Waals surface area contributed by atoms with Crippen molar-refractivity contribution in [1.29, 1.82) is 0 Å². The van der Waals surface area contributed by atoms with Crippen molar-refractivity contribution in [3.05, 3.63) is 17.9 Å². The lowest BCUT2D eigenvalue weighted by molar-refractivity contribution is -0.867. The maximum Gasteiger partial charge on any atom is 0.422 e. The first-order chi connectivity index (χ1) is 7.57. The molecule has 0 bridgehead atoms. The van der Waals surface area contributed by atoms with Crippen molar-refractivity contribution >= 4 is 6.09 Å². The highest BCUT2D eigenvalue weighted by molar-refractivity contribution is 5.64. The van der Waals surface area contributed by atoms with Gasteiger partial charge in [0, 0.05) is 0 Å². The SMILES string of the molecule is C=CCN(NCC[N+]1([O-])CCNC1)C(=O)O. The molecule has 1 unspecified atom stereocenters. The second kappa shape index (κ2) is 5.80. The van der Waals surface area contributed by atoms with Crippen LogP contribution in [0.2, 0.25) is 0 Å². The Morgan fingerprint density at radius 3 is 3.00 bits per heavy atom. The van der Waals surface area contributed by atoms with Gasteiger partial charge in [-0.25, -0.2) is 15.2 Å². The Kier molecular flexibility index (Phi) is 4.69. The van der Waals surface area contributed by atoms with Crippen molar-refractivity contribution in [2.75, 3.05) is 39.4 Å². The number of carbonyl (C=O) groups is 1. The molecule has 0 aliphatic carbocycles. The zero-order chi connectivity index (χ0) is 12.0. The Hall–Kier alpha value is -1.15. The molecular weight excluding hydrogens is 212 g/mol. The molecule has 7 heteroatoms. The minimum absolute atomic E-state index is 0.201. The molecule has 1 fully saturated rings. The van der Waals surface area contributed by atoms with Crippen LogP contribution in [0.15, 0.2) is 12.7 Å². The van der Waals surface area contributed by atoms with Crippen LogP contribution in [0.25, 0.3) is 0 Å². The predicted octanol–water partition coefficient (Wildman–Crippen LogP) is -0.468. The summed E-state index contributed by atoms with van der Waals surface area (Å²) in [5.41, 5.74) is 2.69. The molecule has 0 saturated carbocycles. The molecule has 1 amide bonds. The number of carboxylic acid groups (broad SMARTS) is 1. The van der Waals surface area contributed by atoms with Crippen molar-refractivity contribution in [3.8, 4) is 0 Å². The van der Waals surface area contributed by atoms with Gasteiger partial charge < -0.3 is 15.0 Å². The summed E-state index contributed by atoms with van der Waals surface area (Å²) < 4.78 is -0.311. The molecule has 1 atom stereocenters. The molecule has 0 radical (unpaired) electrons. The Labute approximate surface area is 94.5 Å². The van der Waals surface area contributed by atoms with Crippen LogP contribution in [-0.4, -0.2) is 60.2 Å². The van der Waals surface area contributed by atoms with Crippen LogP contribution in [0, 0.1) is 5.21 Å². The molecule has 3 N–H and O–H groups in total. The Balaban J connectivity index is 2.27. The third kappa shape index (κ3) is 3.78. The number of nitrogens with zero attached hydrogens (tertiary/aromatic N) is 2. The minimum Gasteiger partial charge on any atom is -0.632 e. The number of hydrogen-bond donors (Lipinski definition) is 3. The normalized spacial score (nSPS) is 24.3. The van der Waals surface area contributed by atoms with E-state index in [4.69, 9.17) is 5.11 Å². The number of nitrogens with one attached hydrogen (secondary N) is 2. The lowest BCUT2D eigenvalue weighted by atomic mass is 10.5. The van der Waals surface area contributed by atoms with Gasteiger partial charge in [-0.2, -0.15) is 0 Å². The van der Waals surface area contributed by atoms with Gasteiger partial charge in [0.2, 0.25) is 0 Å². The summed E-state index contributed by atoms with van der Waals surface area (Å²) in [6, 6.07) is 0. The molecule has 0 aromatic carbocycles. The van der Waals surface area contributed by atoms with E-state index in [9.17, 15) is 10.0 Å². The Bertz CT molecular complexity index is 253. The monoisotopic (exact) mass is 230 g/mol. The van der Waals surface area contributed by atoms with Crippen LogP contribution in [0.5, 0.6) is 0 Å². The highest BCUT2D eigenvalue weighted by Crippen LogP contribution is 2.05. The average molecular weight is 230 g/mol. The van der Waals surface area contributed by atoms with E-state index in [2.05, 4.69) is 17.3 Å². The highest BCUT2D eigenvalue weighted by atomic mass is 16.5. The summed E-state index contributed by atoms with van der Waals surface area (Å²) in [4.78, 5) is 10.7. The van der Waals surface area contributed by atoms with E-state index in [-0.39, 0.29) is 11.2 Å². The van der Waals surface area contributed by atoms with Gasteiger partial charge in [0.15, 0.2) is 0 Å². The fraction of sp³-hybridized carbons (Fsp3) is 0.667. The third-order valence-corrected chi connectivity index (χ3v) is 2.46. The van der Waals surface area contributed by atoms with Crippen molar-refractivity contribution in [2.24, 2.45) is 0 Å². The number of amides is 1. The van der Waals surface area contributed by atoms with Crippen molar-refractivity contribution < 1.29 is 14.5 Å². The fourth-order valence-corrected chi connectivity index (χ4v) is 1.56. The minimum atomic E-state index is -1.07. The molecule has 1 aliphatic rings. The predicted molar refractivity (Wildman–Crippen MR) is 59.2 cm³/mol. The van der Waals surface area contributed by atoms with E-state index in [1.165, 1.54) is 6.08 Å². The van der Waals surface area contributed by atoms with Gasteiger partial charge in [0.25, 0.3) is 0 Å². The summed E-state index contributed by atoms with van der Waals surface area (Å²) in [6.45, 7) is 6.01. The van der Waals surface area contributed by atoms with Crippen LogP contribution in [0.1, 0.15) is 0 Å². The van der Waals surface area contributed by atoms with Crippen LogP contribution in [-0.2, 0) is 0 Å². The number of quaternary nitrogens is 1. The lowest BCUT2D eigenvalue weighted by Crippen LogP contribution is -2.50. The number of hydrazine groups is 1. The Morgan fingerprint density at radius 1 is 1.75 bits per heavy atom. The largest absolute Gasteiger partial charge is 0.632 e. The van der Waals surface area contributed by atoms with E-state index in [1.807, 2.05) is 0 Å². The summed E-state index contributed by atoms with van der Waals surface area (Å²) in [7, 11) is 0. The number of rotatable bonds is 6. The van der Waals surface area contributed by atoms with Gasteiger partial charge in [-0.15, -0.1) is 6.58 Å². The van der Waals surface area contributed by atoms with Gasteiger partial charge in [-0.3, -0.25) is 5.32 Å². The van der Waals surface area contributed by atoms with Gasteiger partial charge in [0.1, 0.15) is 6.67 Å². The topological polar surface area (TPSA) is 87.7 Å². The standard InChI is InChI=1S/C9H18N4O3/c1-2-5-12(9(14)15)11-4-7-13(16)6-3-10-8-13/h2,10-11H,1,3-8H2,(H,14,15). The van der Waals surface area contributed by atoms with Gasteiger partial charge in [-0.1, -0.05) is 6.08 Å². The third-order valence-electron chi connectivity index (χ3n) is 2.46. The maximum atomic E-state index is 11.9. The second-order valence-corrected chi connectivity index (χ2v) is 3.75. The quantitative estimate of drug-likeness (QED) is 0.248. The molecule has 1 rings (SSSR count). The lowest BCUT2D eigenvalue weighted by Gasteiger charge is -2.37. The Morgan fingerprint density at radius 2 is 2.50 bits per heavy atom. The molecule has 16 heavy (non-hydrogen) atoms. The first-order valence-corrected chi connectivity index (χ1v) is 5.20. The van der Waals surface area contributed by atoms with Crippen LogP contribution >= 0.6 is 0 Å². The summed E-state index contributed by atoms with van der Waals surface area (Å²) in [6.07, 6.45) is 0.414. The van der Waals surface area contributed by atoms with Crippen molar-refractivity contribution in [3.63, 3.8) is 0 Å². The molecule has 92 valence electrons.